The van der Waals surface area contributed by atoms with Crippen molar-refractivity contribution in [1.29, 1.82) is 0 Å². The molecule has 2 aromatic carbocycles. The first-order valence-electron chi connectivity index (χ1n) is 9.51. The van der Waals surface area contributed by atoms with Gasteiger partial charge in [0.2, 0.25) is 5.88 Å². The molecule has 0 aliphatic carbocycles. The number of methoxy groups -OCH3 is 1. The number of rotatable bonds is 4. The van der Waals surface area contributed by atoms with Gasteiger partial charge in [0.1, 0.15) is 11.4 Å². The maximum atomic E-state index is 14.5. The highest BCUT2D eigenvalue weighted by Crippen LogP contribution is 2.33. The second-order valence-electron chi connectivity index (χ2n) is 7.15. The normalized spacial score (nSPS) is 18.1. The molecule has 1 unspecified atom stereocenters. The van der Waals surface area contributed by atoms with E-state index in [2.05, 4.69) is 4.98 Å². The van der Waals surface area contributed by atoms with Crippen LogP contribution in [0, 0.1) is 11.6 Å². The van der Waals surface area contributed by atoms with E-state index in [0.717, 1.165) is 22.4 Å². The van der Waals surface area contributed by atoms with Crippen LogP contribution < -0.4 is 9.47 Å². The first kappa shape index (κ1) is 20.9. The summed E-state index contributed by atoms with van der Waals surface area (Å²) in [6.45, 7) is -0.941. The number of carbonyl (C=O) groups is 1. The highest BCUT2D eigenvalue weighted by molar-refractivity contribution is 5.95. The lowest BCUT2D eigenvalue weighted by atomic mass is 10.0. The van der Waals surface area contributed by atoms with E-state index in [1.807, 2.05) is 12.1 Å². The third kappa shape index (κ3) is 3.99. The number of nitrogens with zero attached hydrogens (tertiary/aromatic N) is 2. The molecule has 0 spiro atoms. The molecule has 0 bridgehead atoms. The van der Waals surface area contributed by atoms with E-state index in [1.165, 1.54) is 13.2 Å². The van der Waals surface area contributed by atoms with Crippen molar-refractivity contribution in [1.82, 2.24) is 9.88 Å². The summed E-state index contributed by atoms with van der Waals surface area (Å²) in [6.07, 6.45) is -2.44. The van der Waals surface area contributed by atoms with Gasteiger partial charge >= 0.3 is 0 Å². The number of amides is 1. The molecule has 1 aliphatic rings. The summed E-state index contributed by atoms with van der Waals surface area (Å²) in [5, 5.41) is 0.811. The zero-order valence-corrected chi connectivity index (χ0v) is 16.4. The van der Waals surface area contributed by atoms with Crippen LogP contribution in [0.15, 0.2) is 48.5 Å². The quantitative estimate of drug-likeness (QED) is 0.570. The van der Waals surface area contributed by atoms with Crippen LogP contribution in [0.5, 0.6) is 11.6 Å². The molecule has 3 aromatic rings. The lowest BCUT2D eigenvalue weighted by Crippen LogP contribution is -2.55. The Kier molecular flexibility index (Phi) is 5.43. The summed E-state index contributed by atoms with van der Waals surface area (Å²) < 4.78 is 67.9. The van der Waals surface area contributed by atoms with Crippen LogP contribution in [0.1, 0.15) is 16.8 Å². The number of para-hydroxylation sites is 1. The molecule has 0 radical (unpaired) electrons. The first-order chi connectivity index (χ1) is 14.8. The number of ether oxygens (including phenoxy) is 2. The van der Waals surface area contributed by atoms with Crippen LogP contribution in [0.3, 0.4) is 0 Å². The highest BCUT2D eigenvalue weighted by atomic mass is 19.3. The molecule has 2 heterocycles. The van der Waals surface area contributed by atoms with Gasteiger partial charge in [0, 0.05) is 24.4 Å². The van der Waals surface area contributed by atoms with Gasteiger partial charge < -0.3 is 14.4 Å². The Labute approximate surface area is 175 Å². The summed E-state index contributed by atoms with van der Waals surface area (Å²) in [5.74, 6) is -6.94. The molecule has 0 N–H and O–H groups in total. The number of hydrogen-bond donors (Lipinski definition) is 0. The third-order valence-corrected chi connectivity index (χ3v) is 5.18. The van der Waals surface area contributed by atoms with E-state index in [9.17, 15) is 22.4 Å². The predicted molar refractivity (Wildman–Crippen MR) is 105 cm³/mol. The largest absolute Gasteiger partial charge is 0.494 e. The van der Waals surface area contributed by atoms with Crippen molar-refractivity contribution < 1.29 is 31.8 Å². The molecule has 31 heavy (non-hydrogen) atoms. The molecule has 1 aromatic heterocycles. The van der Waals surface area contributed by atoms with Gasteiger partial charge in [0.25, 0.3) is 11.8 Å². The summed E-state index contributed by atoms with van der Waals surface area (Å²) in [5.41, 5.74) is -0.292. The molecule has 9 heteroatoms. The van der Waals surface area contributed by atoms with Crippen LogP contribution in [-0.2, 0) is 0 Å². The van der Waals surface area contributed by atoms with Gasteiger partial charge in [-0.1, -0.05) is 18.2 Å². The minimum atomic E-state index is -3.25. The van der Waals surface area contributed by atoms with Gasteiger partial charge in [-0.3, -0.25) is 4.79 Å². The molecule has 1 fully saturated rings. The van der Waals surface area contributed by atoms with E-state index in [0.29, 0.717) is 5.52 Å². The van der Waals surface area contributed by atoms with E-state index in [4.69, 9.17) is 9.47 Å². The fourth-order valence-corrected chi connectivity index (χ4v) is 3.48. The molecule has 4 rings (SSSR count). The van der Waals surface area contributed by atoms with Gasteiger partial charge in [0.05, 0.1) is 19.2 Å². The molecular weight excluding hydrogens is 416 g/mol. The van der Waals surface area contributed by atoms with Crippen molar-refractivity contribution in [3.05, 3.63) is 65.7 Å². The fourth-order valence-electron chi connectivity index (χ4n) is 3.48. The number of halogens is 4. The first-order valence-corrected chi connectivity index (χ1v) is 9.51. The standard InChI is InChI=1S/C22H18F4N2O3/c1-30-16-8-7-14(23)19(20(16)24)21(29)28-11-10-22(25,26)17(12-28)31-18-9-6-13-4-2-3-5-15(13)27-18/h2-9,17H,10-12H2,1H3. The average Bonchev–Trinajstić information content (AvgIpc) is 2.75. The average molecular weight is 434 g/mol. The van der Waals surface area contributed by atoms with Crippen LogP contribution in [-0.4, -0.2) is 48.0 Å². The minimum Gasteiger partial charge on any atom is -0.494 e. The van der Waals surface area contributed by atoms with Crippen molar-refractivity contribution in [3.63, 3.8) is 0 Å². The van der Waals surface area contributed by atoms with Crippen LogP contribution >= 0.6 is 0 Å². The molecule has 1 aliphatic heterocycles. The monoisotopic (exact) mass is 434 g/mol. The van der Waals surface area contributed by atoms with Gasteiger partial charge in [-0.05, 0) is 24.3 Å². The van der Waals surface area contributed by atoms with Crippen LogP contribution in [0.25, 0.3) is 10.9 Å². The number of benzene rings is 2. The number of piperidine rings is 1. The maximum absolute atomic E-state index is 14.5. The molecule has 162 valence electrons. The minimum absolute atomic E-state index is 0.0311. The number of pyridine rings is 1. The Hall–Kier alpha value is -3.36. The van der Waals surface area contributed by atoms with Crippen LogP contribution in [0.4, 0.5) is 17.6 Å². The van der Waals surface area contributed by atoms with Crippen molar-refractivity contribution >= 4 is 16.8 Å². The molecule has 1 amide bonds. The number of aromatic nitrogens is 1. The fraction of sp³-hybridized carbons (Fsp3) is 0.273. The SMILES string of the molecule is COc1ccc(F)c(C(=O)N2CCC(F)(F)C(Oc3ccc4ccccc4n3)C2)c1F. The Morgan fingerprint density at radius 3 is 2.68 bits per heavy atom. The third-order valence-electron chi connectivity index (χ3n) is 5.18. The van der Waals surface area contributed by atoms with E-state index in [-0.39, 0.29) is 18.2 Å². The molecule has 0 saturated carbocycles. The van der Waals surface area contributed by atoms with E-state index < -0.39 is 48.1 Å². The zero-order valence-electron chi connectivity index (χ0n) is 16.4. The Bertz CT molecular complexity index is 1140. The summed E-state index contributed by atoms with van der Waals surface area (Å²) in [7, 11) is 1.17. The summed E-state index contributed by atoms with van der Waals surface area (Å²) in [6, 6.07) is 12.2. The second kappa shape index (κ2) is 8.05. The molecule has 1 atom stereocenters. The number of alkyl halides is 2. The van der Waals surface area contributed by atoms with Gasteiger partial charge in [-0.25, -0.2) is 22.5 Å². The van der Waals surface area contributed by atoms with Gasteiger partial charge in [0.15, 0.2) is 17.7 Å². The maximum Gasteiger partial charge on any atom is 0.287 e. The smallest absolute Gasteiger partial charge is 0.287 e. The molecule has 5 nitrogen and oxygen atoms in total. The summed E-state index contributed by atoms with van der Waals surface area (Å²) >= 11 is 0. The van der Waals surface area contributed by atoms with Gasteiger partial charge in [-0.15, -0.1) is 0 Å². The van der Waals surface area contributed by atoms with E-state index in [1.54, 1.807) is 18.2 Å². The summed E-state index contributed by atoms with van der Waals surface area (Å²) in [4.78, 5) is 17.9. The predicted octanol–water partition coefficient (Wildman–Crippen LogP) is 4.45. The van der Waals surface area contributed by atoms with Crippen molar-refractivity contribution in [3.8, 4) is 11.6 Å². The topological polar surface area (TPSA) is 51.7 Å². The number of likely N-dealkylation sites (tertiary alicyclic amines) is 1. The lowest BCUT2D eigenvalue weighted by Gasteiger charge is -2.38. The number of carbonyl (C=O) groups excluding carboxylic acids is 1. The Morgan fingerprint density at radius 1 is 1.13 bits per heavy atom. The van der Waals surface area contributed by atoms with Crippen molar-refractivity contribution in [2.75, 3.05) is 20.2 Å². The van der Waals surface area contributed by atoms with E-state index >= 15 is 0 Å². The van der Waals surface area contributed by atoms with Crippen LogP contribution in [0.2, 0.25) is 0 Å². The Balaban J connectivity index is 1.59. The number of fused-ring (bicyclic) bond motifs is 1. The zero-order chi connectivity index (χ0) is 22.2. The van der Waals surface area contributed by atoms with Crippen molar-refractivity contribution in [2.45, 2.75) is 18.4 Å². The second-order valence-corrected chi connectivity index (χ2v) is 7.15. The van der Waals surface area contributed by atoms with Gasteiger partial charge in [-0.2, -0.15) is 0 Å². The number of hydrogen-bond acceptors (Lipinski definition) is 4. The highest BCUT2D eigenvalue weighted by Gasteiger charge is 2.48. The lowest BCUT2D eigenvalue weighted by molar-refractivity contribution is -0.131. The molecular formula is C22H18F4N2O3. The Morgan fingerprint density at radius 2 is 1.90 bits per heavy atom. The van der Waals surface area contributed by atoms with Crippen molar-refractivity contribution in [2.24, 2.45) is 0 Å². The molecule has 1 saturated heterocycles.